The second-order valence-electron chi connectivity index (χ2n) is 11.4. The minimum atomic E-state index is -0.586. The lowest BCUT2D eigenvalue weighted by molar-refractivity contribution is 0.222. The smallest absolute Gasteiger partial charge is 0.324 e. The van der Waals surface area contributed by atoms with Gasteiger partial charge in [0.15, 0.2) is 0 Å². The average molecular weight is 629 g/mol. The molecule has 0 aliphatic carbocycles. The topological polar surface area (TPSA) is 146 Å². The van der Waals surface area contributed by atoms with Crippen molar-refractivity contribution in [3.63, 3.8) is 0 Å². The Bertz CT molecular complexity index is 1750. The van der Waals surface area contributed by atoms with Gasteiger partial charge in [0.1, 0.15) is 40.5 Å². The maximum atomic E-state index is 13.2. The standard InChI is InChI=1S/C32H33ClN8O4/c1-32(2,3)26-18-28(41(39-26)20-7-9-21(44-4)10-8-20)38-30(42)36-24-11-12-25(23(19-34)29(24)33)45-22-13-14-35-27(17-22)37-31(43)40-15-5-6-16-40/h7-14,17-18H,5-6,15-16H2,1-4H3,(H,35,37,43)(H2,36,38,42). The number of methoxy groups -OCH3 is 1. The summed E-state index contributed by atoms with van der Waals surface area (Å²) in [5.41, 5.74) is 1.45. The molecule has 0 spiro atoms. The number of halogens is 1. The first-order chi connectivity index (χ1) is 21.5. The fourth-order valence-corrected chi connectivity index (χ4v) is 4.90. The number of rotatable bonds is 7. The molecule has 12 nitrogen and oxygen atoms in total. The van der Waals surface area contributed by atoms with Gasteiger partial charge in [-0.25, -0.2) is 19.3 Å². The second kappa shape index (κ2) is 13.2. The molecule has 45 heavy (non-hydrogen) atoms. The Morgan fingerprint density at radius 3 is 2.38 bits per heavy atom. The normalized spacial score (nSPS) is 12.8. The quantitative estimate of drug-likeness (QED) is 0.197. The number of nitrogens with zero attached hydrogens (tertiary/aromatic N) is 5. The predicted molar refractivity (Wildman–Crippen MR) is 172 cm³/mol. The summed E-state index contributed by atoms with van der Waals surface area (Å²) in [7, 11) is 1.59. The van der Waals surface area contributed by atoms with Crippen molar-refractivity contribution < 1.29 is 19.1 Å². The van der Waals surface area contributed by atoms with Crippen LogP contribution in [0, 0.1) is 11.3 Å². The maximum Gasteiger partial charge on any atom is 0.324 e. The van der Waals surface area contributed by atoms with Crippen LogP contribution in [-0.4, -0.2) is 51.9 Å². The minimum Gasteiger partial charge on any atom is -0.497 e. The van der Waals surface area contributed by atoms with Crippen LogP contribution in [0.3, 0.4) is 0 Å². The van der Waals surface area contributed by atoms with Crippen LogP contribution >= 0.6 is 11.6 Å². The van der Waals surface area contributed by atoms with E-state index < -0.39 is 6.03 Å². The zero-order valence-corrected chi connectivity index (χ0v) is 26.1. The zero-order valence-electron chi connectivity index (χ0n) is 25.3. The highest BCUT2D eigenvalue weighted by molar-refractivity contribution is 6.35. The van der Waals surface area contributed by atoms with Crippen LogP contribution in [-0.2, 0) is 5.41 Å². The monoisotopic (exact) mass is 628 g/mol. The summed E-state index contributed by atoms with van der Waals surface area (Å²) in [6, 6.07) is 16.5. The van der Waals surface area contributed by atoms with Gasteiger partial charge >= 0.3 is 12.1 Å². The molecule has 4 amide bonds. The van der Waals surface area contributed by atoms with E-state index in [-0.39, 0.29) is 33.5 Å². The number of nitrogens with one attached hydrogen (secondary N) is 3. The van der Waals surface area contributed by atoms with E-state index in [1.165, 1.54) is 18.3 Å². The number of pyridine rings is 1. The lowest BCUT2D eigenvalue weighted by atomic mass is 9.92. The second-order valence-corrected chi connectivity index (χ2v) is 11.7. The fourth-order valence-electron chi connectivity index (χ4n) is 4.65. The third kappa shape index (κ3) is 7.27. The van der Waals surface area contributed by atoms with Gasteiger partial charge in [0, 0.05) is 36.8 Å². The largest absolute Gasteiger partial charge is 0.497 e. The van der Waals surface area contributed by atoms with Crippen LogP contribution in [0.15, 0.2) is 60.8 Å². The van der Waals surface area contributed by atoms with E-state index in [2.05, 4.69) is 20.9 Å². The molecule has 2 aromatic carbocycles. The highest BCUT2D eigenvalue weighted by atomic mass is 35.5. The van der Waals surface area contributed by atoms with Crippen molar-refractivity contribution in [3.05, 3.63) is 77.1 Å². The molecule has 0 saturated carbocycles. The van der Waals surface area contributed by atoms with Crippen LogP contribution in [0.25, 0.3) is 5.69 Å². The van der Waals surface area contributed by atoms with Gasteiger partial charge in [0.05, 0.1) is 29.2 Å². The predicted octanol–water partition coefficient (Wildman–Crippen LogP) is 7.16. The van der Waals surface area contributed by atoms with Gasteiger partial charge in [-0.2, -0.15) is 10.4 Å². The Labute approximate surface area is 265 Å². The molecule has 3 heterocycles. The summed E-state index contributed by atoms with van der Waals surface area (Å²) in [5, 5.41) is 23.0. The van der Waals surface area contributed by atoms with E-state index in [1.54, 1.807) is 34.9 Å². The van der Waals surface area contributed by atoms with Crippen molar-refractivity contribution in [1.82, 2.24) is 19.7 Å². The Morgan fingerprint density at radius 1 is 0.978 bits per heavy atom. The number of benzene rings is 2. The molecule has 1 saturated heterocycles. The minimum absolute atomic E-state index is 0.000748. The van der Waals surface area contributed by atoms with Gasteiger partial charge in [0.2, 0.25) is 0 Å². The van der Waals surface area contributed by atoms with E-state index in [0.29, 0.717) is 36.2 Å². The number of hydrogen-bond donors (Lipinski definition) is 3. The van der Waals surface area contributed by atoms with Crippen molar-refractivity contribution in [2.24, 2.45) is 0 Å². The molecule has 13 heteroatoms. The first-order valence-corrected chi connectivity index (χ1v) is 14.7. The first-order valence-electron chi connectivity index (χ1n) is 14.3. The summed E-state index contributed by atoms with van der Waals surface area (Å²) >= 11 is 6.57. The SMILES string of the molecule is COc1ccc(-n2nc(C(C)(C)C)cc2NC(=O)Nc2ccc(Oc3ccnc(NC(=O)N4CCCC4)c3)c(C#N)c2Cl)cc1. The first kappa shape index (κ1) is 31.2. The number of urea groups is 2. The third-order valence-electron chi connectivity index (χ3n) is 7.09. The molecule has 3 N–H and O–H groups in total. The molecule has 0 bridgehead atoms. The van der Waals surface area contributed by atoms with Crippen molar-refractivity contribution in [2.45, 2.75) is 39.0 Å². The number of amides is 4. The van der Waals surface area contributed by atoms with Gasteiger partial charge < -0.3 is 19.7 Å². The Balaban J connectivity index is 1.32. The third-order valence-corrected chi connectivity index (χ3v) is 7.48. The molecule has 1 aliphatic heterocycles. The van der Waals surface area contributed by atoms with Crippen molar-refractivity contribution in [3.8, 4) is 29.0 Å². The number of nitriles is 1. The van der Waals surface area contributed by atoms with Crippen molar-refractivity contribution in [2.75, 3.05) is 36.1 Å². The number of carbonyl (C=O) groups is 2. The Hall–Kier alpha value is -5.28. The lowest BCUT2D eigenvalue weighted by Gasteiger charge is -2.16. The number of ether oxygens (including phenoxy) is 2. The fraction of sp³-hybridized carbons (Fsp3) is 0.281. The van der Waals surface area contributed by atoms with E-state index in [9.17, 15) is 14.9 Å². The number of hydrogen-bond acceptors (Lipinski definition) is 7. The number of likely N-dealkylation sites (tertiary alicyclic amines) is 1. The molecule has 0 unspecified atom stereocenters. The lowest BCUT2D eigenvalue weighted by Crippen LogP contribution is -2.32. The van der Waals surface area contributed by atoms with Crippen LogP contribution in [0.2, 0.25) is 5.02 Å². The maximum absolute atomic E-state index is 13.2. The van der Waals surface area contributed by atoms with E-state index in [1.807, 2.05) is 51.1 Å². The van der Waals surface area contributed by atoms with Crippen molar-refractivity contribution in [1.29, 1.82) is 5.26 Å². The van der Waals surface area contributed by atoms with Gasteiger partial charge in [-0.1, -0.05) is 32.4 Å². The molecule has 2 aromatic heterocycles. The van der Waals surface area contributed by atoms with Gasteiger partial charge in [-0.05, 0) is 55.3 Å². The summed E-state index contributed by atoms with van der Waals surface area (Å²) in [6.45, 7) is 7.49. The van der Waals surface area contributed by atoms with Crippen LogP contribution in [0.5, 0.6) is 17.2 Å². The number of aromatic nitrogens is 3. The van der Waals surface area contributed by atoms with E-state index >= 15 is 0 Å². The van der Waals surface area contributed by atoms with Crippen LogP contribution < -0.4 is 25.4 Å². The van der Waals surface area contributed by atoms with E-state index in [4.69, 9.17) is 26.2 Å². The van der Waals surface area contributed by atoms with Crippen molar-refractivity contribution >= 4 is 41.0 Å². The molecular weight excluding hydrogens is 596 g/mol. The number of anilines is 3. The van der Waals surface area contributed by atoms with Gasteiger partial charge in [-0.3, -0.25) is 10.6 Å². The Morgan fingerprint density at radius 2 is 1.71 bits per heavy atom. The molecule has 1 fully saturated rings. The highest BCUT2D eigenvalue weighted by Crippen LogP contribution is 2.36. The van der Waals surface area contributed by atoms with Crippen LogP contribution in [0.4, 0.5) is 26.9 Å². The Kier molecular flexibility index (Phi) is 9.11. The average Bonchev–Trinajstić information content (AvgIpc) is 3.70. The molecule has 4 aromatic rings. The summed E-state index contributed by atoms with van der Waals surface area (Å²) < 4.78 is 12.8. The molecule has 0 atom stereocenters. The van der Waals surface area contributed by atoms with Gasteiger partial charge in [-0.15, -0.1) is 0 Å². The molecular formula is C32H33ClN8O4. The highest BCUT2D eigenvalue weighted by Gasteiger charge is 2.23. The molecule has 0 radical (unpaired) electrons. The van der Waals surface area contributed by atoms with Crippen LogP contribution in [0.1, 0.15) is 44.9 Å². The molecule has 1 aliphatic rings. The molecule has 232 valence electrons. The zero-order chi connectivity index (χ0) is 32.1. The summed E-state index contributed by atoms with van der Waals surface area (Å²) in [4.78, 5) is 31.5. The van der Waals surface area contributed by atoms with Gasteiger partial charge in [0.25, 0.3) is 0 Å². The molecule has 5 rings (SSSR count). The summed E-state index contributed by atoms with van der Waals surface area (Å²) in [5.74, 6) is 1.95. The number of carbonyl (C=O) groups excluding carboxylic acids is 2. The summed E-state index contributed by atoms with van der Waals surface area (Å²) in [6.07, 6.45) is 3.44. The van der Waals surface area contributed by atoms with E-state index in [0.717, 1.165) is 24.2 Å².